The lowest BCUT2D eigenvalue weighted by molar-refractivity contribution is -0.144. The molecule has 148 valence electrons. The smallest absolute Gasteiger partial charge is 0.326 e. The number of nitrogens with one attached hydrogen (secondary N) is 2. The van der Waals surface area contributed by atoms with Gasteiger partial charge in [0.15, 0.2) is 0 Å². The van der Waals surface area contributed by atoms with Crippen LogP contribution < -0.4 is 5.32 Å². The van der Waals surface area contributed by atoms with Crippen molar-refractivity contribution in [2.45, 2.75) is 31.4 Å². The third-order valence-corrected chi connectivity index (χ3v) is 4.44. The first kappa shape index (κ1) is 21.3. The zero-order valence-corrected chi connectivity index (χ0v) is 15.8. The number of aromatic nitrogens is 1. The average Bonchev–Trinajstić information content (AvgIpc) is 3.04. The summed E-state index contributed by atoms with van der Waals surface area (Å²) in [7, 11) is 1.35. The van der Waals surface area contributed by atoms with Gasteiger partial charge in [0.2, 0.25) is 11.7 Å². The molecule has 1 amide bonds. The maximum Gasteiger partial charge on any atom is 0.326 e. The number of aliphatic carboxylic acids is 1. The molecule has 0 bridgehead atoms. The zero-order chi connectivity index (χ0) is 20.7. The summed E-state index contributed by atoms with van der Waals surface area (Å²) in [5.41, 5.74) is 9.95. The fourth-order valence-corrected chi connectivity index (χ4v) is 2.91. The number of nitrogens with zero attached hydrogens (tertiary/aromatic N) is 2. The number of carbonyl (C=O) groups excluding carboxylic acids is 2. The highest BCUT2D eigenvalue weighted by atomic mass is 35.5. The zero-order valence-electron chi connectivity index (χ0n) is 15.0. The minimum Gasteiger partial charge on any atom is -0.480 e. The molecule has 1 heterocycles. The van der Waals surface area contributed by atoms with Crippen LogP contribution in [0.1, 0.15) is 18.4 Å². The Labute approximate surface area is 165 Å². The predicted octanol–water partition coefficient (Wildman–Crippen LogP) is 1.60. The molecule has 0 radical (unpaired) electrons. The van der Waals surface area contributed by atoms with Gasteiger partial charge >= 0.3 is 12.2 Å². The first-order valence-electron chi connectivity index (χ1n) is 8.37. The van der Waals surface area contributed by atoms with Gasteiger partial charge in [-0.05, 0) is 30.2 Å². The Morgan fingerprint density at radius 3 is 2.82 bits per heavy atom. The van der Waals surface area contributed by atoms with E-state index in [2.05, 4.69) is 15.1 Å². The number of carboxylic acid groups (broad SMARTS) is 1. The molecule has 9 nitrogen and oxygen atoms in total. The molecular formula is C18H19ClN4O5. The maximum atomic E-state index is 12.5. The molecule has 2 atom stereocenters. The second kappa shape index (κ2) is 9.80. The summed E-state index contributed by atoms with van der Waals surface area (Å²) in [6.45, 7) is 0. The van der Waals surface area contributed by atoms with Crippen LogP contribution in [0.4, 0.5) is 0 Å². The highest BCUT2D eigenvalue weighted by Crippen LogP contribution is 2.23. The van der Waals surface area contributed by atoms with Crippen molar-refractivity contribution >= 4 is 46.4 Å². The molecule has 2 rings (SSSR count). The van der Waals surface area contributed by atoms with Crippen molar-refractivity contribution in [3.8, 4) is 0 Å². The molecule has 1 aromatic carbocycles. The Kier molecular flexibility index (Phi) is 7.45. The molecule has 10 heteroatoms. The number of amides is 1. The Morgan fingerprint density at radius 2 is 2.18 bits per heavy atom. The van der Waals surface area contributed by atoms with Gasteiger partial charge in [0, 0.05) is 42.1 Å². The number of ketones is 1. The molecule has 3 N–H and O–H groups in total. The Hall–Kier alpha value is -3.00. The van der Waals surface area contributed by atoms with E-state index in [1.807, 2.05) is 6.07 Å². The number of rotatable bonds is 10. The topological polar surface area (TPSA) is 145 Å². The van der Waals surface area contributed by atoms with Gasteiger partial charge in [-0.25, -0.2) is 4.79 Å². The lowest BCUT2D eigenvalue weighted by Crippen LogP contribution is -2.46. The maximum absolute atomic E-state index is 12.5. The predicted molar refractivity (Wildman–Crippen MR) is 101 cm³/mol. The van der Waals surface area contributed by atoms with E-state index >= 15 is 0 Å². The first-order chi connectivity index (χ1) is 13.3. The van der Waals surface area contributed by atoms with Crippen LogP contribution in [0.3, 0.4) is 0 Å². The van der Waals surface area contributed by atoms with Crippen LogP contribution in [-0.2, 0) is 25.5 Å². The molecule has 0 saturated heterocycles. The van der Waals surface area contributed by atoms with E-state index in [-0.39, 0.29) is 19.3 Å². The number of Topliss-reactive ketones (excluding diaryl/α,β-unsaturated/α-hetero) is 1. The van der Waals surface area contributed by atoms with Gasteiger partial charge in [0.05, 0.1) is 0 Å². The number of hydrogen-bond donors (Lipinski definition) is 3. The molecule has 28 heavy (non-hydrogen) atoms. The second-order valence-electron chi connectivity index (χ2n) is 6.08. The number of H-pyrrole nitrogens is 1. The van der Waals surface area contributed by atoms with E-state index in [0.29, 0.717) is 11.2 Å². The van der Waals surface area contributed by atoms with Crippen LogP contribution in [0.15, 0.2) is 24.4 Å². The van der Waals surface area contributed by atoms with E-state index in [9.17, 15) is 19.5 Å². The molecule has 2 aromatic rings. The van der Waals surface area contributed by atoms with E-state index in [4.69, 9.17) is 21.9 Å². The monoisotopic (exact) mass is 406 g/mol. The second-order valence-corrected chi connectivity index (χ2v) is 6.52. The van der Waals surface area contributed by atoms with E-state index in [0.717, 1.165) is 16.5 Å². The van der Waals surface area contributed by atoms with Gasteiger partial charge < -0.3 is 25.7 Å². The Balaban J connectivity index is 2.08. The standard InChI is InChI=1S/C18H19ClN4O5/c1-28-16(6-10-8-21-14-4-2-11(19)7-13(10)14)17(25)23-15(18(26)27)5-3-12(24)9-22-20/h2,4,7-9,15-16,21H,3,5-6H2,1H3,(H,23,25)(H,26,27). The largest absolute Gasteiger partial charge is 0.480 e. The van der Waals surface area contributed by atoms with Gasteiger partial charge in [-0.15, -0.1) is 0 Å². The van der Waals surface area contributed by atoms with Crippen molar-refractivity contribution in [2.24, 2.45) is 0 Å². The lowest BCUT2D eigenvalue weighted by Gasteiger charge is -2.19. The van der Waals surface area contributed by atoms with Crippen LogP contribution in [-0.4, -0.2) is 58.0 Å². The number of carboxylic acids is 1. The van der Waals surface area contributed by atoms with Crippen molar-refractivity contribution in [1.82, 2.24) is 10.3 Å². The SMILES string of the molecule is COC(Cc1c[nH]c2ccc(Cl)cc12)C(=O)NC(CCC(=O)C=[N+]=[N-])C(=O)O. The Bertz CT molecular complexity index is 935. The van der Waals surface area contributed by atoms with Crippen LogP contribution in [0.25, 0.3) is 16.4 Å². The van der Waals surface area contributed by atoms with Gasteiger partial charge in [-0.2, -0.15) is 4.79 Å². The molecule has 0 aliphatic heterocycles. The summed E-state index contributed by atoms with van der Waals surface area (Å²) < 4.78 is 5.24. The summed E-state index contributed by atoms with van der Waals surface area (Å²) in [5.74, 6) is -2.45. The number of hydrogen-bond acceptors (Lipinski definition) is 4. The number of aromatic amines is 1. The van der Waals surface area contributed by atoms with Crippen molar-refractivity contribution < 1.29 is 29.0 Å². The summed E-state index contributed by atoms with van der Waals surface area (Å²) in [6, 6.07) is 4.04. The third-order valence-electron chi connectivity index (χ3n) is 4.21. The first-order valence-corrected chi connectivity index (χ1v) is 8.75. The fourth-order valence-electron chi connectivity index (χ4n) is 2.74. The molecule has 1 aromatic heterocycles. The molecule has 0 saturated carbocycles. The van der Waals surface area contributed by atoms with E-state index < -0.39 is 29.8 Å². The normalized spacial score (nSPS) is 12.8. The molecule has 0 aliphatic carbocycles. The van der Waals surface area contributed by atoms with Gasteiger partial charge in [-0.1, -0.05) is 11.6 Å². The van der Waals surface area contributed by atoms with Gasteiger partial charge in [-0.3, -0.25) is 9.59 Å². The molecule has 0 fully saturated rings. The minimum absolute atomic E-state index is 0.148. The van der Waals surface area contributed by atoms with Crippen LogP contribution in [0.2, 0.25) is 5.02 Å². The number of halogens is 1. The van der Waals surface area contributed by atoms with Crippen LogP contribution in [0, 0.1) is 0 Å². The quantitative estimate of drug-likeness (QED) is 0.311. The highest BCUT2D eigenvalue weighted by molar-refractivity contribution is 6.31. The van der Waals surface area contributed by atoms with E-state index in [1.165, 1.54) is 7.11 Å². The van der Waals surface area contributed by atoms with Gasteiger partial charge in [0.25, 0.3) is 0 Å². The number of carbonyl (C=O) groups is 3. The lowest BCUT2D eigenvalue weighted by atomic mass is 10.0. The minimum atomic E-state index is -1.28. The summed E-state index contributed by atoms with van der Waals surface area (Å²) in [4.78, 5) is 40.9. The van der Waals surface area contributed by atoms with Crippen LogP contribution in [0.5, 0.6) is 0 Å². The van der Waals surface area contributed by atoms with Gasteiger partial charge in [0.1, 0.15) is 12.1 Å². The summed E-state index contributed by atoms with van der Waals surface area (Å²) in [6.07, 6.45) is 1.34. The van der Waals surface area contributed by atoms with E-state index in [1.54, 1.807) is 18.3 Å². The molecule has 2 unspecified atom stereocenters. The van der Waals surface area contributed by atoms with Crippen molar-refractivity contribution in [3.63, 3.8) is 0 Å². The highest BCUT2D eigenvalue weighted by Gasteiger charge is 2.26. The molecule has 0 spiro atoms. The number of methoxy groups -OCH3 is 1. The van der Waals surface area contributed by atoms with Crippen LogP contribution >= 0.6 is 11.6 Å². The van der Waals surface area contributed by atoms with Crippen molar-refractivity contribution in [2.75, 3.05) is 7.11 Å². The number of benzene rings is 1. The molecular weight excluding hydrogens is 388 g/mol. The van der Waals surface area contributed by atoms with Crippen molar-refractivity contribution in [1.29, 1.82) is 0 Å². The average molecular weight is 407 g/mol. The number of ether oxygens (including phenoxy) is 1. The summed E-state index contributed by atoms with van der Waals surface area (Å²) in [5, 5.41) is 13.0. The van der Waals surface area contributed by atoms with Crippen molar-refractivity contribution in [3.05, 3.63) is 40.5 Å². The summed E-state index contributed by atoms with van der Waals surface area (Å²) >= 11 is 6.02. The number of fused-ring (bicyclic) bond motifs is 1. The molecule has 0 aliphatic rings. The fraction of sp³-hybridized carbons (Fsp3) is 0.333. The Morgan fingerprint density at radius 1 is 1.43 bits per heavy atom. The third kappa shape index (κ3) is 5.50.